The molecule has 0 radical (unpaired) electrons. The number of halogens is 1. The number of thiazole rings is 1. The topological polar surface area (TPSA) is 106 Å². The third-order valence-electron chi connectivity index (χ3n) is 3.73. The molecule has 1 N–H and O–H groups in total. The number of amides is 1. The second-order valence-electron chi connectivity index (χ2n) is 5.44. The number of hydrogen-bond acceptors (Lipinski definition) is 7. The van der Waals surface area contributed by atoms with Crippen LogP contribution < -0.4 is 5.32 Å². The first kappa shape index (κ1) is 21.9. The van der Waals surface area contributed by atoms with Crippen LogP contribution in [0.15, 0.2) is 28.5 Å². The molecule has 1 aromatic heterocycles. The lowest BCUT2D eigenvalue weighted by Crippen LogP contribution is -2.31. The van der Waals surface area contributed by atoms with Gasteiger partial charge in [-0.1, -0.05) is 13.8 Å². The Morgan fingerprint density at radius 3 is 2.54 bits per heavy atom. The Kier molecular flexibility index (Phi) is 7.22. The van der Waals surface area contributed by atoms with Gasteiger partial charge >= 0.3 is 5.97 Å². The van der Waals surface area contributed by atoms with E-state index in [9.17, 15) is 22.4 Å². The van der Waals surface area contributed by atoms with Crippen LogP contribution in [0.5, 0.6) is 0 Å². The molecule has 0 aliphatic carbocycles. The molecule has 152 valence electrons. The molecule has 2 aromatic rings. The summed E-state index contributed by atoms with van der Waals surface area (Å²) in [4.78, 5) is 27.8. The van der Waals surface area contributed by atoms with Crippen LogP contribution in [0.2, 0.25) is 0 Å². The van der Waals surface area contributed by atoms with E-state index in [4.69, 9.17) is 4.74 Å². The molecule has 0 aliphatic rings. The first-order valence-corrected chi connectivity index (χ1v) is 10.8. The van der Waals surface area contributed by atoms with E-state index < -0.39 is 33.3 Å². The molecule has 0 unspecified atom stereocenters. The number of hydrogen-bond donors (Lipinski definition) is 1. The van der Waals surface area contributed by atoms with Crippen LogP contribution in [-0.2, 0) is 14.8 Å². The summed E-state index contributed by atoms with van der Waals surface area (Å²) in [5.41, 5.74) is -0.429. The number of esters is 1. The van der Waals surface area contributed by atoms with Crippen molar-refractivity contribution in [3.05, 3.63) is 40.7 Å². The second kappa shape index (κ2) is 9.22. The number of rotatable bonds is 8. The van der Waals surface area contributed by atoms with Crippen LogP contribution in [0.25, 0.3) is 0 Å². The highest BCUT2D eigenvalue weighted by Gasteiger charge is 2.24. The molecular weight excluding hydrogens is 409 g/mol. The van der Waals surface area contributed by atoms with E-state index in [0.717, 1.165) is 29.5 Å². The van der Waals surface area contributed by atoms with Gasteiger partial charge in [0.15, 0.2) is 10.8 Å². The number of sulfonamides is 1. The van der Waals surface area contributed by atoms with Crippen molar-refractivity contribution in [3.63, 3.8) is 0 Å². The quantitative estimate of drug-likeness (QED) is 0.647. The van der Waals surface area contributed by atoms with Crippen molar-refractivity contribution in [2.24, 2.45) is 0 Å². The second-order valence-corrected chi connectivity index (χ2v) is 8.24. The SMILES string of the molecule is CCOC(=O)c1csc(NC(=O)c2cc(S(=O)(=O)N(CC)CC)ccc2F)n1. The molecule has 1 aromatic carbocycles. The molecule has 0 atom stereocenters. The number of carbonyl (C=O) groups is 2. The Labute approximate surface area is 166 Å². The molecule has 28 heavy (non-hydrogen) atoms. The van der Waals surface area contributed by atoms with Crippen molar-refractivity contribution < 1.29 is 27.1 Å². The van der Waals surface area contributed by atoms with Crippen molar-refractivity contribution in [1.82, 2.24) is 9.29 Å². The Morgan fingerprint density at radius 2 is 1.93 bits per heavy atom. The zero-order valence-electron chi connectivity index (χ0n) is 15.6. The third kappa shape index (κ3) is 4.72. The van der Waals surface area contributed by atoms with E-state index in [0.29, 0.717) is 0 Å². The minimum Gasteiger partial charge on any atom is -0.461 e. The molecule has 11 heteroatoms. The zero-order valence-corrected chi connectivity index (χ0v) is 17.2. The molecular formula is C17H20FN3O5S2. The van der Waals surface area contributed by atoms with Gasteiger partial charge < -0.3 is 4.74 Å². The van der Waals surface area contributed by atoms with Gasteiger partial charge in [0.05, 0.1) is 17.1 Å². The zero-order chi connectivity index (χ0) is 20.9. The van der Waals surface area contributed by atoms with Crippen LogP contribution in [0, 0.1) is 5.82 Å². The van der Waals surface area contributed by atoms with Gasteiger partial charge in [-0.05, 0) is 25.1 Å². The summed E-state index contributed by atoms with van der Waals surface area (Å²) in [6.45, 7) is 5.68. The van der Waals surface area contributed by atoms with Gasteiger partial charge in [0.1, 0.15) is 5.82 Å². The van der Waals surface area contributed by atoms with Gasteiger partial charge in [-0.2, -0.15) is 4.31 Å². The van der Waals surface area contributed by atoms with Crippen molar-refractivity contribution in [2.45, 2.75) is 25.7 Å². The Balaban J connectivity index is 2.28. The van der Waals surface area contributed by atoms with Gasteiger partial charge in [-0.3, -0.25) is 10.1 Å². The van der Waals surface area contributed by atoms with Gasteiger partial charge in [0.25, 0.3) is 5.91 Å². The summed E-state index contributed by atoms with van der Waals surface area (Å²) < 4.78 is 45.3. The third-order valence-corrected chi connectivity index (χ3v) is 6.54. The largest absolute Gasteiger partial charge is 0.461 e. The number of benzene rings is 1. The molecule has 0 bridgehead atoms. The average molecular weight is 429 g/mol. The molecule has 0 aliphatic heterocycles. The minimum atomic E-state index is -3.85. The minimum absolute atomic E-state index is 0.0143. The predicted octanol–water partition coefficient (Wildman–Crippen LogP) is 2.74. The maximum atomic E-state index is 14.1. The Hall–Kier alpha value is -2.37. The number of aromatic nitrogens is 1. The van der Waals surface area contributed by atoms with Crippen molar-refractivity contribution >= 4 is 38.4 Å². The lowest BCUT2D eigenvalue weighted by Gasteiger charge is -2.18. The molecule has 1 heterocycles. The maximum absolute atomic E-state index is 14.1. The smallest absolute Gasteiger partial charge is 0.357 e. The number of nitrogens with zero attached hydrogens (tertiary/aromatic N) is 2. The van der Waals surface area contributed by atoms with Gasteiger partial charge in [0.2, 0.25) is 10.0 Å². The van der Waals surface area contributed by atoms with Gasteiger partial charge in [-0.15, -0.1) is 11.3 Å². The summed E-state index contributed by atoms with van der Waals surface area (Å²) in [5.74, 6) is -2.39. The highest BCUT2D eigenvalue weighted by atomic mass is 32.2. The highest BCUT2D eigenvalue weighted by Crippen LogP contribution is 2.22. The van der Waals surface area contributed by atoms with E-state index in [1.54, 1.807) is 20.8 Å². The number of nitrogens with one attached hydrogen (secondary N) is 1. The fraction of sp³-hybridized carbons (Fsp3) is 0.353. The molecule has 0 saturated carbocycles. The van der Waals surface area contributed by atoms with E-state index in [2.05, 4.69) is 10.3 Å². The summed E-state index contributed by atoms with van der Waals surface area (Å²) in [6, 6.07) is 3.03. The highest BCUT2D eigenvalue weighted by molar-refractivity contribution is 7.89. The Morgan fingerprint density at radius 1 is 1.25 bits per heavy atom. The van der Waals surface area contributed by atoms with E-state index >= 15 is 0 Å². The van der Waals surface area contributed by atoms with E-state index in [1.165, 1.54) is 9.69 Å². The summed E-state index contributed by atoms with van der Waals surface area (Å²) >= 11 is 0.962. The monoisotopic (exact) mass is 429 g/mol. The van der Waals surface area contributed by atoms with Crippen molar-refractivity contribution in [2.75, 3.05) is 25.0 Å². The maximum Gasteiger partial charge on any atom is 0.357 e. The van der Waals surface area contributed by atoms with Crippen molar-refractivity contribution in [1.29, 1.82) is 0 Å². The van der Waals surface area contributed by atoms with Crippen LogP contribution in [0.1, 0.15) is 41.6 Å². The van der Waals surface area contributed by atoms with Crippen molar-refractivity contribution in [3.8, 4) is 0 Å². The normalized spacial score (nSPS) is 11.5. The molecule has 0 spiro atoms. The standard InChI is InChI=1S/C17H20FN3O5S2/c1-4-21(5-2)28(24,25)11-7-8-13(18)12(9-11)15(22)20-17-19-14(10-27-17)16(23)26-6-3/h7-10H,4-6H2,1-3H3,(H,19,20,22). The van der Waals surface area contributed by atoms with E-state index in [1.807, 2.05) is 0 Å². The lowest BCUT2D eigenvalue weighted by atomic mass is 10.2. The molecule has 1 amide bonds. The number of ether oxygens (including phenoxy) is 1. The lowest BCUT2D eigenvalue weighted by molar-refractivity contribution is 0.0520. The Bertz CT molecular complexity index is 971. The van der Waals surface area contributed by atoms with Crippen LogP contribution >= 0.6 is 11.3 Å². The van der Waals surface area contributed by atoms with Crippen LogP contribution in [0.3, 0.4) is 0 Å². The first-order valence-electron chi connectivity index (χ1n) is 8.48. The molecule has 2 rings (SSSR count). The van der Waals surface area contributed by atoms with E-state index in [-0.39, 0.29) is 35.4 Å². The molecule has 0 fully saturated rings. The summed E-state index contributed by atoms with van der Waals surface area (Å²) in [7, 11) is -3.85. The predicted molar refractivity (Wildman–Crippen MR) is 103 cm³/mol. The van der Waals surface area contributed by atoms with Crippen LogP contribution in [0.4, 0.5) is 9.52 Å². The van der Waals surface area contributed by atoms with Gasteiger partial charge in [-0.25, -0.2) is 22.6 Å². The average Bonchev–Trinajstić information content (AvgIpc) is 3.11. The first-order chi connectivity index (χ1) is 13.2. The number of carbonyl (C=O) groups excluding carboxylic acids is 2. The molecule has 0 saturated heterocycles. The van der Waals surface area contributed by atoms with Crippen LogP contribution in [-0.4, -0.2) is 49.3 Å². The fourth-order valence-corrected chi connectivity index (χ4v) is 4.51. The summed E-state index contributed by atoms with van der Waals surface area (Å²) in [6.07, 6.45) is 0. The number of anilines is 1. The fourth-order valence-electron chi connectivity index (χ4n) is 2.35. The summed E-state index contributed by atoms with van der Waals surface area (Å²) in [5, 5.41) is 3.82. The van der Waals surface area contributed by atoms with Gasteiger partial charge in [0, 0.05) is 18.5 Å². The molecule has 8 nitrogen and oxygen atoms in total.